The van der Waals surface area contributed by atoms with Gasteiger partial charge in [0.25, 0.3) is 0 Å². The second-order valence-corrected chi connectivity index (χ2v) is 10.1. The number of nitrogens with one attached hydrogen (secondary N) is 1. The van der Waals surface area contributed by atoms with Crippen molar-refractivity contribution in [3.63, 3.8) is 0 Å². The molecule has 0 bridgehead atoms. The van der Waals surface area contributed by atoms with Gasteiger partial charge in [-0.15, -0.1) is 0 Å². The summed E-state index contributed by atoms with van der Waals surface area (Å²) in [6.45, 7) is 2.93. The van der Waals surface area contributed by atoms with Gasteiger partial charge in [0.05, 0.1) is 37.3 Å². The van der Waals surface area contributed by atoms with E-state index < -0.39 is 12.7 Å². The number of carbonyl (C=O) groups excluding carboxylic acids is 1. The van der Waals surface area contributed by atoms with Crippen molar-refractivity contribution in [3.8, 4) is 5.95 Å². The molecule has 2 aliphatic rings. The molecule has 40 heavy (non-hydrogen) atoms. The van der Waals surface area contributed by atoms with Crippen LogP contribution in [0.3, 0.4) is 0 Å². The quantitative estimate of drug-likeness (QED) is 0.385. The highest BCUT2D eigenvalue weighted by Crippen LogP contribution is 2.29. The van der Waals surface area contributed by atoms with Crippen LogP contribution in [0, 0.1) is 0 Å². The standard InChI is InChI=1S/C26H30F3N9O2/c1-3-19-31-16-6-4-5-7-17(16)38(19)25-33-22(18-12-30-8-11-40-18)23-24(34-25)35(2)20(32-23)13-37-10-9-36(14-21(37)39)15-26(27,28)29/h4-7,18,30H,3,8-15H2,1-2H3. The van der Waals surface area contributed by atoms with Gasteiger partial charge in [-0.2, -0.15) is 18.2 Å². The number of para-hydroxylation sites is 2. The van der Waals surface area contributed by atoms with Gasteiger partial charge in [0, 0.05) is 39.6 Å². The van der Waals surface area contributed by atoms with Gasteiger partial charge in [-0.25, -0.2) is 15.0 Å². The van der Waals surface area contributed by atoms with Gasteiger partial charge in [-0.1, -0.05) is 19.1 Å². The van der Waals surface area contributed by atoms with Crippen molar-refractivity contribution >= 4 is 28.1 Å². The van der Waals surface area contributed by atoms with Gasteiger partial charge in [-0.05, 0) is 12.1 Å². The average molecular weight is 558 g/mol. The number of halogens is 3. The summed E-state index contributed by atoms with van der Waals surface area (Å²) in [5.74, 6) is 1.47. The number of aryl methyl sites for hydroxylation is 2. The number of ether oxygens (including phenoxy) is 1. The van der Waals surface area contributed by atoms with Gasteiger partial charge in [0.15, 0.2) is 5.65 Å². The monoisotopic (exact) mass is 557 g/mol. The van der Waals surface area contributed by atoms with E-state index in [1.54, 1.807) is 4.90 Å². The van der Waals surface area contributed by atoms with Gasteiger partial charge in [0.1, 0.15) is 29.0 Å². The minimum atomic E-state index is -4.35. The van der Waals surface area contributed by atoms with Crippen molar-refractivity contribution < 1.29 is 22.7 Å². The first-order valence-electron chi connectivity index (χ1n) is 13.3. The highest BCUT2D eigenvalue weighted by atomic mass is 19.4. The zero-order valence-electron chi connectivity index (χ0n) is 22.3. The van der Waals surface area contributed by atoms with E-state index in [2.05, 4.69) is 5.32 Å². The second-order valence-electron chi connectivity index (χ2n) is 10.1. The number of fused-ring (bicyclic) bond motifs is 2. The van der Waals surface area contributed by atoms with Gasteiger partial charge in [-0.3, -0.25) is 14.3 Å². The number of piperazine rings is 1. The first kappa shape index (κ1) is 26.6. The van der Waals surface area contributed by atoms with Crippen molar-refractivity contribution in [3.05, 3.63) is 41.6 Å². The number of nitrogens with zero attached hydrogens (tertiary/aromatic N) is 8. The Kier molecular flexibility index (Phi) is 6.92. The fourth-order valence-corrected chi connectivity index (χ4v) is 5.34. The lowest BCUT2D eigenvalue weighted by molar-refractivity contribution is -0.157. The SMILES string of the molecule is CCc1nc2ccccc2n1-c1nc(C2CNCCO2)c2nc(CN3CCN(CC(F)(F)F)CC3=O)n(C)c2n1. The molecule has 4 aromatic rings. The third-order valence-corrected chi connectivity index (χ3v) is 7.34. The summed E-state index contributed by atoms with van der Waals surface area (Å²) in [6, 6.07) is 7.81. The minimum absolute atomic E-state index is 0.138. The van der Waals surface area contributed by atoms with Crippen LogP contribution in [0.15, 0.2) is 24.3 Å². The molecule has 1 amide bonds. The van der Waals surface area contributed by atoms with Gasteiger partial charge < -0.3 is 19.5 Å². The van der Waals surface area contributed by atoms with Crippen molar-refractivity contribution in [2.45, 2.75) is 32.2 Å². The topological polar surface area (TPSA) is 106 Å². The molecule has 1 atom stereocenters. The van der Waals surface area contributed by atoms with E-state index >= 15 is 0 Å². The Morgan fingerprint density at radius 2 is 1.93 bits per heavy atom. The summed E-state index contributed by atoms with van der Waals surface area (Å²) >= 11 is 0. The number of hydrogen-bond donors (Lipinski definition) is 1. The van der Waals surface area contributed by atoms with Gasteiger partial charge in [0.2, 0.25) is 11.9 Å². The maximum atomic E-state index is 12.8. The molecular formula is C26H30F3N9O2. The molecule has 2 fully saturated rings. The number of alkyl halides is 3. The van der Waals surface area contributed by atoms with Crippen LogP contribution in [0.1, 0.15) is 30.4 Å². The van der Waals surface area contributed by atoms with Crippen molar-refractivity contribution in [1.29, 1.82) is 0 Å². The Balaban J connectivity index is 1.40. The van der Waals surface area contributed by atoms with Gasteiger partial charge >= 0.3 is 6.18 Å². The molecule has 0 spiro atoms. The normalized spacial score (nSPS) is 19.3. The van der Waals surface area contributed by atoms with Crippen LogP contribution in [0.2, 0.25) is 0 Å². The number of morpholine rings is 1. The van der Waals surface area contributed by atoms with Crippen molar-refractivity contribution in [2.24, 2.45) is 7.05 Å². The Labute approximate surface area is 228 Å². The lowest BCUT2D eigenvalue weighted by Crippen LogP contribution is -2.52. The van der Waals surface area contributed by atoms with E-state index in [9.17, 15) is 18.0 Å². The molecule has 0 aliphatic carbocycles. The molecule has 2 aliphatic heterocycles. The number of aromatic nitrogens is 6. The molecule has 1 N–H and O–H groups in total. The van der Waals surface area contributed by atoms with Crippen LogP contribution in [0.5, 0.6) is 0 Å². The molecule has 3 aromatic heterocycles. The van der Waals surface area contributed by atoms with Crippen LogP contribution in [-0.2, 0) is 29.5 Å². The molecule has 2 saturated heterocycles. The predicted octanol–water partition coefficient (Wildman–Crippen LogP) is 2.13. The highest BCUT2D eigenvalue weighted by molar-refractivity contribution is 5.80. The van der Waals surface area contributed by atoms with Crippen LogP contribution < -0.4 is 5.32 Å². The Bertz CT molecular complexity index is 1560. The molecule has 5 heterocycles. The van der Waals surface area contributed by atoms with Crippen LogP contribution in [0.4, 0.5) is 13.2 Å². The third-order valence-electron chi connectivity index (χ3n) is 7.34. The second kappa shape index (κ2) is 10.4. The Morgan fingerprint density at radius 1 is 1.10 bits per heavy atom. The maximum Gasteiger partial charge on any atom is 0.401 e. The zero-order chi connectivity index (χ0) is 28.0. The molecule has 1 aromatic carbocycles. The number of hydrogen-bond acceptors (Lipinski definition) is 8. The Morgan fingerprint density at radius 3 is 2.65 bits per heavy atom. The van der Waals surface area contributed by atoms with E-state index in [0.29, 0.717) is 48.2 Å². The molecule has 1 unspecified atom stereocenters. The number of imidazole rings is 2. The molecular weight excluding hydrogens is 527 g/mol. The Hall–Kier alpha value is -3.62. The fourth-order valence-electron chi connectivity index (χ4n) is 5.34. The van der Waals surface area contributed by atoms with E-state index in [1.807, 2.05) is 47.4 Å². The summed E-state index contributed by atoms with van der Waals surface area (Å²) in [5, 5.41) is 3.34. The lowest BCUT2D eigenvalue weighted by Gasteiger charge is -2.34. The highest BCUT2D eigenvalue weighted by Gasteiger charge is 2.35. The number of carbonyl (C=O) groups is 1. The maximum absolute atomic E-state index is 12.8. The summed E-state index contributed by atoms with van der Waals surface area (Å²) in [5.41, 5.74) is 3.51. The summed E-state index contributed by atoms with van der Waals surface area (Å²) in [6.07, 6.45) is -4.03. The molecule has 6 rings (SSSR count). The summed E-state index contributed by atoms with van der Waals surface area (Å²) in [4.78, 5) is 34.9. The summed E-state index contributed by atoms with van der Waals surface area (Å²) < 4.78 is 48.3. The smallest absolute Gasteiger partial charge is 0.369 e. The van der Waals surface area contributed by atoms with Crippen LogP contribution in [0.25, 0.3) is 28.1 Å². The third kappa shape index (κ3) is 5.02. The minimum Gasteiger partial charge on any atom is -0.369 e. The van der Waals surface area contributed by atoms with E-state index in [1.165, 1.54) is 0 Å². The van der Waals surface area contributed by atoms with Crippen LogP contribution in [-0.4, -0.2) is 96.8 Å². The first-order chi connectivity index (χ1) is 19.2. The molecule has 212 valence electrons. The van der Waals surface area contributed by atoms with Crippen molar-refractivity contribution in [2.75, 3.05) is 45.9 Å². The first-order valence-corrected chi connectivity index (χ1v) is 13.3. The van der Waals surface area contributed by atoms with E-state index in [0.717, 1.165) is 28.3 Å². The fraction of sp³-hybridized carbons (Fsp3) is 0.500. The van der Waals surface area contributed by atoms with Crippen molar-refractivity contribution in [1.82, 2.24) is 44.2 Å². The molecule has 14 heteroatoms. The lowest BCUT2D eigenvalue weighted by atomic mass is 10.2. The van der Waals surface area contributed by atoms with E-state index in [4.69, 9.17) is 24.7 Å². The average Bonchev–Trinajstić information content (AvgIpc) is 3.46. The predicted molar refractivity (Wildman–Crippen MR) is 140 cm³/mol. The van der Waals surface area contributed by atoms with E-state index in [-0.39, 0.29) is 38.2 Å². The molecule has 0 radical (unpaired) electrons. The summed E-state index contributed by atoms with van der Waals surface area (Å²) in [7, 11) is 1.82. The molecule has 0 saturated carbocycles. The zero-order valence-corrected chi connectivity index (χ0v) is 22.3. The number of rotatable bonds is 6. The largest absolute Gasteiger partial charge is 0.401 e. The molecule has 11 nitrogen and oxygen atoms in total. The number of amides is 1. The van der Waals surface area contributed by atoms with Crippen LogP contribution >= 0.6 is 0 Å². The number of benzene rings is 1.